The third-order valence-corrected chi connectivity index (χ3v) is 7.56. The topological polar surface area (TPSA) is 31.7 Å². The van der Waals surface area contributed by atoms with Crippen molar-refractivity contribution in [1.29, 1.82) is 0 Å². The van der Waals surface area contributed by atoms with Crippen LogP contribution in [-0.2, 0) is 0 Å². The maximum absolute atomic E-state index is 15.3. The summed E-state index contributed by atoms with van der Waals surface area (Å²) in [5.74, 6) is 0.939. The number of aromatic nitrogens is 1. The molecular weight excluding hydrogens is 383 g/mol. The lowest BCUT2D eigenvalue weighted by molar-refractivity contribution is 0.254. The van der Waals surface area contributed by atoms with Crippen LogP contribution in [0, 0.1) is 12.7 Å². The molecule has 4 nitrogen and oxygen atoms in total. The van der Waals surface area contributed by atoms with E-state index in [9.17, 15) is 0 Å². The van der Waals surface area contributed by atoms with Crippen LogP contribution >= 0.6 is 11.8 Å². The quantitative estimate of drug-likeness (QED) is 0.701. The van der Waals surface area contributed by atoms with Gasteiger partial charge in [0, 0.05) is 31.1 Å². The van der Waals surface area contributed by atoms with Gasteiger partial charge in [0.15, 0.2) is 5.17 Å². The Morgan fingerprint density at radius 3 is 2.76 bits per heavy atom. The number of aryl methyl sites for hydroxylation is 1. The van der Waals surface area contributed by atoms with Crippen LogP contribution < -0.4 is 4.90 Å². The third kappa shape index (κ3) is 3.21. The predicted octanol–water partition coefficient (Wildman–Crippen LogP) is 5.11. The fraction of sp³-hybridized carbons (Fsp3) is 0.478. The SMILES string of the molecule is CCC1CSC2=NC(c3ccccn3)C(c3cc(F)c(N4CCCC4)cc3C)N21. The van der Waals surface area contributed by atoms with Crippen LogP contribution in [0.2, 0.25) is 0 Å². The third-order valence-electron chi connectivity index (χ3n) is 6.43. The molecule has 0 N–H and O–H groups in total. The maximum atomic E-state index is 15.3. The van der Waals surface area contributed by atoms with Gasteiger partial charge >= 0.3 is 0 Å². The Balaban J connectivity index is 1.59. The number of nitrogens with zero attached hydrogens (tertiary/aromatic N) is 4. The van der Waals surface area contributed by atoms with Crippen molar-refractivity contribution in [3.05, 3.63) is 59.2 Å². The molecule has 5 rings (SSSR count). The Bertz CT molecular complexity index is 926. The summed E-state index contributed by atoms with van der Waals surface area (Å²) < 4.78 is 15.3. The molecule has 29 heavy (non-hydrogen) atoms. The number of rotatable bonds is 4. The molecule has 2 saturated heterocycles. The number of benzene rings is 1. The minimum Gasteiger partial charge on any atom is -0.369 e. The first-order valence-electron chi connectivity index (χ1n) is 10.6. The second-order valence-corrected chi connectivity index (χ2v) is 9.18. The molecule has 3 unspecified atom stereocenters. The Morgan fingerprint density at radius 2 is 2.03 bits per heavy atom. The fourth-order valence-corrected chi connectivity index (χ4v) is 6.23. The van der Waals surface area contributed by atoms with Crippen molar-refractivity contribution in [1.82, 2.24) is 9.88 Å². The van der Waals surface area contributed by atoms with Gasteiger partial charge in [-0.3, -0.25) is 9.98 Å². The second-order valence-electron chi connectivity index (χ2n) is 8.19. The monoisotopic (exact) mass is 410 g/mol. The zero-order valence-corrected chi connectivity index (χ0v) is 17.8. The van der Waals surface area contributed by atoms with Crippen LogP contribution in [0.1, 0.15) is 55.1 Å². The molecule has 152 valence electrons. The van der Waals surface area contributed by atoms with Gasteiger partial charge in [0.1, 0.15) is 11.9 Å². The van der Waals surface area contributed by atoms with E-state index in [1.165, 1.54) is 0 Å². The number of amidine groups is 1. The number of hydrogen-bond donors (Lipinski definition) is 0. The van der Waals surface area contributed by atoms with Crippen molar-refractivity contribution in [2.24, 2.45) is 4.99 Å². The molecule has 0 amide bonds. The molecule has 3 aliphatic rings. The van der Waals surface area contributed by atoms with Crippen LogP contribution in [0.25, 0.3) is 0 Å². The van der Waals surface area contributed by atoms with Gasteiger partial charge in [-0.05, 0) is 61.6 Å². The first-order chi connectivity index (χ1) is 14.2. The van der Waals surface area contributed by atoms with E-state index in [4.69, 9.17) is 4.99 Å². The highest BCUT2D eigenvalue weighted by Gasteiger charge is 2.46. The first-order valence-corrected chi connectivity index (χ1v) is 11.6. The van der Waals surface area contributed by atoms with Gasteiger partial charge in [0.25, 0.3) is 0 Å². The van der Waals surface area contributed by atoms with Gasteiger partial charge in [0.05, 0.1) is 17.4 Å². The van der Waals surface area contributed by atoms with E-state index < -0.39 is 0 Å². The van der Waals surface area contributed by atoms with Gasteiger partial charge in [0.2, 0.25) is 0 Å². The summed E-state index contributed by atoms with van der Waals surface area (Å²) >= 11 is 1.82. The number of hydrogen-bond acceptors (Lipinski definition) is 5. The van der Waals surface area contributed by atoms with Crippen molar-refractivity contribution < 1.29 is 4.39 Å². The van der Waals surface area contributed by atoms with Crippen LogP contribution in [0.4, 0.5) is 10.1 Å². The Labute approximate surface area is 176 Å². The van der Waals surface area contributed by atoms with Crippen LogP contribution in [0.3, 0.4) is 0 Å². The molecule has 3 atom stereocenters. The van der Waals surface area contributed by atoms with Crippen LogP contribution in [0.15, 0.2) is 41.5 Å². The minimum absolute atomic E-state index is 0.00183. The zero-order chi connectivity index (χ0) is 20.0. The Morgan fingerprint density at radius 1 is 1.21 bits per heavy atom. The molecule has 4 heterocycles. The van der Waals surface area contributed by atoms with E-state index in [0.717, 1.165) is 65.8 Å². The molecule has 0 saturated carbocycles. The van der Waals surface area contributed by atoms with Gasteiger partial charge in [-0.15, -0.1) is 0 Å². The lowest BCUT2D eigenvalue weighted by atomic mass is 9.91. The average Bonchev–Trinajstić information content (AvgIpc) is 3.47. The molecule has 2 aromatic rings. The van der Waals surface area contributed by atoms with E-state index in [0.29, 0.717) is 6.04 Å². The predicted molar refractivity (Wildman–Crippen MR) is 118 cm³/mol. The van der Waals surface area contributed by atoms with Crippen molar-refractivity contribution in [3.63, 3.8) is 0 Å². The van der Waals surface area contributed by atoms with Crippen LogP contribution in [0.5, 0.6) is 0 Å². The smallest absolute Gasteiger partial charge is 0.160 e. The summed E-state index contributed by atoms with van der Waals surface area (Å²) in [5.41, 5.74) is 3.89. The van der Waals surface area contributed by atoms with Gasteiger partial charge in [-0.1, -0.05) is 24.8 Å². The normalized spacial score (nSPS) is 26.2. The number of pyridine rings is 1. The van der Waals surface area contributed by atoms with E-state index in [2.05, 4.69) is 28.6 Å². The summed E-state index contributed by atoms with van der Waals surface area (Å²) in [5, 5.41) is 1.08. The standard InChI is InChI=1S/C23H27FN4S/c1-3-16-14-29-23-26-21(19-8-4-5-9-25-19)22(28(16)23)17-13-18(24)20(12-15(17)2)27-10-6-7-11-27/h4-5,8-9,12-13,16,21-22H,3,6-7,10-11,14H2,1-2H3. The Kier molecular flexibility index (Phi) is 4.98. The summed E-state index contributed by atoms with van der Waals surface area (Å²) in [4.78, 5) is 14.3. The summed E-state index contributed by atoms with van der Waals surface area (Å²) in [7, 11) is 0. The number of thioether (sulfide) groups is 1. The molecule has 0 spiro atoms. The van der Waals surface area contributed by atoms with Crippen molar-refractivity contribution in [3.8, 4) is 0 Å². The van der Waals surface area contributed by atoms with E-state index in [-0.39, 0.29) is 17.9 Å². The lowest BCUT2D eigenvalue weighted by Crippen LogP contribution is -2.35. The van der Waals surface area contributed by atoms with Crippen molar-refractivity contribution in [2.75, 3.05) is 23.7 Å². The van der Waals surface area contributed by atoms with Gasteiger partial charge < -0.3 is 9.80 Å². The van der Waals surface area contributed by atoms with Crippen LogP contribution in [-0.4, -0.2) is 39.9 Å². The number of fused-ring (bicyclic) bond motifs is 1. The number of anilines is 1. The maximum Gasteiger partial charge on any atom is 0.160 e. The highest BCUT2D eigenvalue weighted by Crippen LogP contribution is 2.49. The van der Waals surface area contributed by atoms with Crippen molar-refractivity contribution in [2.45, 2.75) is 51.2 Å². The summed E-state index contributed by atoms with van der Waals surface area (Å²) in [6.07, 6.45) is 5.17. The molecule has 6 heteroatoms. The van der Waals surface area contributed by atoms with Crippen molar-refractivity contribution >= 4 is 22.6 Å². The summed E-state index contributed by atoms with van der Waals surface area (Å²) in [6.45, 7) is 6.24. The largest absolute Gasteiger partial charge is 0.369 e. The molecule has 0 radical (unpaired) electrons. The zero-order valence-electron chi connectivity index (χ0n) is 17.0. The molecule has 0 bridgehead atoms. The van der Waals surface area contributed by atoms with Gasteiger partial charge in [-0.25, -0.2) is 4.39 Å². The highest BCUT2D eigenvalue weighted by molar-refractivity contribution is 8.14. The summed E-state index contributed by atoms with van der Waals surface area (Å²) in [6, 6.07) is 10.1. The van der Waals surface area contributed by atoms with E-state index in [1.807, 2.05) is 42.2 Å². The highest BCUT2D eigenvalue weighted by atomic mass is 32.2. The first kappa shape index (κ1) is 18.9. The average molecular weight is 411 g/mol. The van der Waals surface area contributed by atoms with Gasteiger partial charge in [-0.2, -0.15) is 0 Å². The second kappa shape index (κ2) is 7.63. The molecule has 0 aliphatic carbocycles. The fourth-order valence-electron chi connectivity index (χ4n) is 4.89. The molecule has 3 aliphatic heterocycles. The molecule has 2 fully saturated rings. The van der Waals surface area contributed by atoms with E-state index >= 15 is 4.39 Å². The lowest BCUT2D eigenvalue weighted by Gasteiger charge is -2.33. The number of halogens is 1. The minimum atomic E-state index is -0.111. The Hall–Kier alpha value is -2.08. The molecule has 1 aromatic heterocycles. The molecular formula is C23H27FN4S. The van der Waals surface area contributed by atoms with E-state index in [1.54, 1.807) is 6.07 Å². The molecule has 1 aromatic carbocycles. The number of aliphatic imine (C=N–C) groups is 1.